The molecule has 0 bridgehead atoms. The summed E-state index contributed by atoms with van der Waals surface area (Å²) in [6.07, 6.45) is 0. The Kier molecular flexibility index (Phi) is 5.53. The third-order valence-electron chi connectivity index (χ3n) is 3.31. The second-order valence-electron chi connectivity index (χ2n) is 5.43. The molecule has 1 amide bonds. The highest BCUT2D eigenvalue weighted by Crippen LogP contribution is 2.25. The van der Waals surface area contributed by atoms with Crippen LogP contribution in [0, 0.1) is 12.7 Å². The van der Waals surface area contributed by atoms with E-state index in [4.69, 9.17) is 0 Å². The summed E-state index contributed by atoms with van der Waals surface area (Å²) in [6, 6.07) is 10.8. The van der Waals surface area contributed by atoms with Gasteiger partial charge < -0.3 is 0 Å². The molecule has 0 atom stereocenters. The molecule has 11 heteroatoms. The van der Waals surface area contributed by atoms with Crippen molar-refractivity contribution >= 4 is 54.0 Å². The molecule has 2 aromatic carbocycles. The van der Waals surface area contributed by atoms with E-state index in [1.165, 1.54) is 12.1 Å². The van der Waals surface area contributed by atoms with Gasteiger partial charge in [0, 0.05) is 10.0 Å². The number of hydrogen-bond acceptors (Lipinski definition) is 6. The molecule has 3 rings (SSSR count). The summed E-state index contributed by atoms with van der Waals surface area (Å²) in [5, 5.41) is 9.74. The van der Waals surface area contributed by atoms with Crippen molar-refractivity contribution in [3.8, 4) is 0 Å². The van der Waals surface area contributed by atoms with Gasteiger partial charge in [-0.15, -0.1) is 10.2 Å². The van der Waals surface area contributed by atoms with E-state index in [1.807, 2.05) is 13.0 Å². The molecule has 0 aliphatic rings. The molecular weight excluding hydrogens is 459 g/mol. The maximum absolute atomic E-state index is 13.8. The zero-order valence-corrected chi connectivity index (χ0v) is 17.0. The summed E-state index contributed by atoms with van der Waals surface area (Å²) in [7, 11) is -4.15. The largest absolute Gasteiger partial charge is 0.296 e. The van der Waals surface area contributed by atoms with E-state index < -0.39 is 26.1 Å². The molecule has 0 saturated heterocycles. The SMILES string of the molecule is Cc1cccc(C(=O)Nc2nnc(S(=O)(=O)Nc3ccc(Br)cc3F)s2)c1. The van der Waals surface area contributed by atoms with Crippen LogP contribution in [0.25, 0.3) is 0 Å². The highest BCUT2D eigenvalue weighted by Gasteiger charge is 2.22. The average molecular weight is 471 g/mol. The summed E-state index contributed by atoms with van der Waals surface area (Å²) in [6.45, 7) is 1.85. The smallest absolute Gasteiger partial charge is 0.291 e. The topological polar surface area (TPSA) is 101 Å². The van der Waals surface area contributed by atoms with Crippen molar-refractivity contribution in [1.29, 1.82) is 0 Å². The number of benzene rings is 2. The molecule has 27 heavy (non-hydrogen) atoms. The Balaban J connectivity index is 1.77. The Labute approximate surface area is 166 Å². The number of aryl methyl sites for hydroxylation is 1. The molecule has 1 aromatic heterocycles. The lowest BCUT2D eigenvalue weighted by molar-refractivity contribution is 0.102. The van der Waals surface area contributed by atoms with Gasteiger partial charge in [0.25, 0.3) is 20.3 Å². The lowest BCUT2D eigenvalue weighted by atomic mass is 10.1. The molecule has 7 nitrogen and oxygen atoms in total. The predicted octanol–water partition coefficient (Wildman–Crippen LogP) is 3.80. The fourth-order valence-electron chi connectivity index (χ4n) is 2.09. The number of nitrogens with one attached hydrogen (secondary N) is 2. The van der Waals surface area contributed by atoms with E-state index in [2.05, 4.69) is 36.2 Å². The number of rotatable bonds is 5. The number of nitrogens with zero attached hydrogens (tertiary/aromatic N) is 2. The summed E-state index contributed by atoms with van der Waals surface area (Å²) in [5.74, 6) is -1.18. The van der Waals surface area contributed by atoms with E-state index in [0.717, 1.165) is 11.6 Å². The Morgan fingerprint density at radius 1 is 1.19 bits per heavy atom. The van der Waals surface area contributed by atoms with Gasteiger partial charge >= 0.3 is 0 Å². The highest BCUT2D eigenvalue weighted by molar-refractivity contribution is 9.10. The minimum absolute atomic E-state index is 0.0122. The Bertz CT molecular complexity index is 1120. The van der Waals surface area contributed by atoms with E-state index in [1.54, 1.807) is 18.2 Å². The van der Waals surface area contributed by atoms with Crippen LogP contribution in [0.4, 0.5) is 15.2 Å². The Morgan fingerprint density at radius 3 is 2.67 bits per heavy atom. The number of sulfonamides is 1. The maximum atomic E-state index is 13.8. The molecule has 0 unspecified atom stereocenters. The number of hydrogen-bond donors (Lipinski definition) is 2. The van der Waals surface area contributed by atoms with Crippen molar-refractivity contribution in [2.24, 2.45) is 0 Å². The van der Waals surface area contributed by atoms with Gasteiger partial charge in [0.1, 0.15) is 5.82 Å². The van der Waals surface area contributed by atoms with Crippen LogP contribution in [-0.4, -0.2) is 24.5 Å². The normalized spacial score (nSPS) is 11.2. The summed E-state index contributed by atoms with van der Waals surface area (Å²) < 4.78 is 40.7. The van der Waals surface area contributed by atoms with Crippen LogP contribution in [0.3, 0.4) is 0 Å². The third kappa shape index (κ3) is 4.67. The Hall–Kier alpha value is -2.37. The first kappa shape index (κ1) is 19.4. The monoisotopic (exact) mass is 470 g/mol. The number of anilines is 2. The third-order valence-corrected chi connectivity index (χ3v) is 6.38. The quantitative estimate of drug-likeness (QED) is 0.552. The number of carbonyl (C=O) groups excluding carboxylic acids is 1. The zero-order chi connectivity index (χ0) is 19.6. The fraction of sp³-hybridized carbons (Fsp3) is 0.0625. The minimum atomic E-state index is -4.15. The average Bonchev–Trinajstić information content (AvgIpc) is 3.07. The molecule has 3 aromatic rings. The molecule has 0 spiro atoms. The van der Waals surface area contributed by atoms with Crippen molar-refractivity contribution in [3.05, 3.63) is 63.9 Å². The molecule has 0 radical (unpaired) electrons. The second-order valence-corrected chi connectivity index (χ2v) is 9.18. The molecule has 2 N–H and O–H groups in total. The molecule has 0 fully saturated rings. The van der Waals surface area contributed by atoms with Gasteiger partial charge in [0.15, 0.2) is 0 Å². The van der Waals surface area contributed by atoms with Gasteiger partial charge in [0.05, 0.1) is 5.69 Å². The number of halogens is 2. The summed E-state index contributed by atoms with van der Waals surface area (Å²) in [5.41, 5.74) is 1.09. The first-order valence-corrected chi connectivity index (χ1v) is 10.5. The van der Waals surface area contributed by atoms with Crippen molar-refractivity contribution in [1.82, 2.24) is 10.2 Å². The first-order valence-electron chi connectivity index (χ1n) is 7.44. The van der Waals surface area contributed by atoms with E-state index in [-0.39, 0.29) is 10.8 Å². The summed E-state index contributed by atoms with van der Waals surface area (Å²) in [4.78, 5) is 12.2. The van der Waals surface area contributed by atoms with Gasteiger partial charge in [-0.3, -0.25) is 14.8 Å². The molecule has 0 saturated carbocycles. The van der Waals surface area contributed by atoms with E-state index in [0.29, 0.717) is 21.4 Å². The molecule has 1 heterocycles. The van der Waals surface area contributed by atoms with Crippen molar-refractivity contribution in [3.63, 3.8) is 0 Å². The van der Waals surface area contributed by atoms with Crippen LogP contribution >= 0.6 is 27.3 Å². The predicted molar refractivity (Wildman–Crippen MR) is 104 cm³/mol. The van der Waals surface area contributed by atoms with Crippen LogP contribution < -0.4 is 10.0 Å². The van der Waals surface area contributed by atoms with Crippen LogP contribution in [0.5, 0.6) is 0 Å². The van der Waals surface area contributed by atoms with Gasteiger partial charge in [0.2, 0.25) is 5.13 Å². The van der Waals surface area contributed by atoms with Crippen LogP contribution in [0.1, 0.15) is 15.9 Å². The van der Waals surface area contributed by atoms with Gasteiger partial charge in [-0.05, 0) is 37.3 Å². The number of amides is 1. The molecule has 0 aliphatic heterocycles. The maximum Gasteiger partial charge on any atom is 0.291 e. The first-order chi connectivity index (χ1) is 12.7. The van der Waals surface area contributed by atoms with Crippen molar-refractivity contribution in [2.75, 3.05) is 10.0 Å². The number of carbonyl (C=O) groups is 1. The van der Waals surface area contributed by atoms with Crippen molar-refractivity contribution in [2.45, 2.75) is 11.3 Å². The van der Waals surface area contributed by atoms with Gasteiger partial charge in [-0.1, -0.05) is 45.0 Å². The van der Waals surface area contributed by atoms with E-state index >= 15 is 0 Å². The minimum Gasteiger partial charge on any atom is -0.296 e. The van der Waals surface area contributed by atoms with Crippen LogP contribution in [-0.2, 0) is 10.0 Å². The second kappa shape index (κ2) is 7.71. The van der Waals surface area contributed by atoms with Gasteiger partial charge in [-0.2, -0.15) is 8.42 Å². The molecule has 140 valence electrons. The fourth-order valence-corrected chi connectivity index (χ4v) is 4.38. The van der Waals surface area contributed by atoms with Gasteiger partial charge in [-0.25, -0.2) is 4.39 Å². The lowest BCUT2D eigenvalue weighted by Crippen LogP contribution is -2.13. The highest BCUT2D eigenvalue weighted by atomic mass is 79.9. The summed E-state index contributed by atoms with van der Waals surface area (Å²) >= 11 is 3.75. The number of aromatic nitrogens is 2. The standard InChI is InChI=1S/C16H12BrFN4O3S2/c1-9-3-2-4-10(7-9)14(23)19-15-20-21-16(26-15)27(24,25)22-13-6-5-11(17)8-12(13)18/h2-8,22H,1H3,(H,19,20,23). The molecular formula is C16H12BrFN4O3S2. The Morgan fingerprint density at radius 2 is 1.96 bits per heavy atom. The van der Waals surface area contributed by atoms with Crippen LogP contribution in [0.15, 0.2) is 51.3 Å². The molecule has 0 aliphatic carbocycles. The zero-order valence-electron chi connectivity index (χ0n) is 13.7. The van der Waals surface area contributed by atoms with Crippen molar-refractivity contribution < 1.29 is 17.6 Å². The van der Waals surface area contributed by atoms with Crippen LogP contribution in [0.2, 0.25) is 0 Å². The van der Waals surface area contributed by atoms with E-state index in [9.17, 15) is 17.6 Å². The lowest BCUT2D eigenvalue weighted by Gasteiger charge is -2.06.